The fraction of sp³-hybridized carbons (Fsp3) is 0.611. The van der Waals surface area contributed by atoms with Crippen molar-refractivity contribution in [2.24, 2.45) is 0 Å². The first kappa shape index (κ1) is 18.4. The Balaban J connectivity index is 2.08. The van der Waals surface area contributed by atoms with Crippen molar-refractivity contribution in [1.29, 1.82) is 0 Å². The lowest BCUT2D eigenvalue weighted by molar-refractivity contribution is -0.118. The van der Waals surface area contributed by atoms with E-state index >= 15 is 0 Å². The molecule has 0 saturated carbocycles. The van der Waals surface area contributed by atoms with Gasteiger partial charge in [-0.3, -0.25) is 9.69 Å². The summed E-state index contributed by atoms with van der Waals surface area (Å²) in [6.07, 6.45) is 4.67. The Morgan fingerprint density at radius 1 is 1.17 bits per heavy atom. The average molecular weight is 336 g/mol. The van der Waals surface area contributed by atoms with E-state index in [9.17, 15) is 4.79 Å². The third kappa shape index (κ3) is 4.32. The Hall–Kier alpha value is -1.95. The van der Waals surface area contributed by atoms with Crippen molar-refractivity contribution in [3.05, 3.63) is 12.1 Å². The summed E-state index contributed by atoms with van der Waals surface area (Å²) in [5.74, 6) is 1.54. The topological polar surface area (TPSA) is 60.0 Å². The van der Waals surface area contributed by atoms with Crippen molar-refractivity contribution >= 4 is 11.6 Å². The lowest BCUT2D eigenvalue weighted by Gasteiger charge is -2.34. The summed E-state index contributed by atoms with van der Waals surface area (Å²) in [6, 6.07) is 3.99. The van der Waals surface area contributed by atoms with Crippen LogP contribution in [0.25, 0.3) is 0 Å². The highest BCUT2D eigenvalue weighted by molar-refractivity contribution is 5.93. The van der Waals surface area contributed by atoms with Gasteiger partial charge in [-0.15, -0.1) is 0 Å². The summed E-state index contributed by atoms with van der Waals surface area (Å²) in [5, 5.41) is 2.94. The van der Waals surface area contributed by atoms with Gasteiger partial charge in [0.15, 0.2) is 11.5 Å². The molecule has 1 unspecified atom stereocenters. The van der Waals surface area contributed by atoms with Gasteiger partial charge in [0.25, 0.3) is 0 Å². The zero-order valence-electron chi connectivity index (χ0n) is 15.1. The van der Waals surface area contributed by atoms with E-state index in [1.807, 2.05) is 0 Å². The molecule has 0 aromatic heterocycles. The highest BCUT2D eigenvalue weighted by Crippen LogP contribution is 2.39. The van der Waals surface area contributed by atoms with Gasteiger partial charge in [0.1, 0.15) is 0 Å². The second-order valence-electron chi connectivity index (χ2n) is 5.99. The molecular formula is C18H28N2O4. The van der Waals surface area contributed by atoms with Crippen LogP contribution in [0.4, 0.5) is 5.69 Å². The molecular weight excluding hydrogens is 308 g/mol. The molecule has 2 rings (SSSR count). The zero-order chi connectivity index (χ0) is 17.5. The zero-order valence-corrected chi connectivity index (χ0v) is 15.1. The average Bonchev–Trinajstić information content (AvgIpc) is 2.61. The van der Waals surface area contributed by atoms with Crippen LogP contribution < -0.4 is 19.5 Å². The first-order valence-electron chi connectivity index (χ1n) is 8.46. The fourth-order valence-electron chi connectivity index (χ4n) is 3.27. The van der Waals surface area contributed by atoms with Gasteiger partial charge in [0, 0.05) is 23.9 Å². The maximum Gasteiger partial charge on any atom is 0.238 e. The maximum atomic E-state index is 12.4. The van der Waals surface area contributed by atoms with Crippen LogP contribution >= 0.6 is 0 Å². The molecule has 1 heterocycles. The summed E-state index contributed by atoms with van der Waals surface area (Å²) in [7, 11) is 4.67. The molecule has 1 aromatic carbocycles. The van der Waals surface area contributed by atoms with Crippen LogP contribution in [-0.2, 0) is 4.79 Å². The Morgan fingerprint density at radius 3 is 2.38 bits per heavy atom. The van der Waals surface area contributed by atoms with E-state index in [0.29, 0.717) is 35.5 Å². The second-order valence-corrected chi connectivity index (χ2v) is 5.99. The van der Waals surface area contributed by atoms with Crippen molar-refractivity contribution in [2.75, 3.05) is 39.7 Å². The molecule has 0 radical (unpaired) electrons. The smallest absolute Gasteiger partial charge is 0.238 e. The van der Waals surface area contributed by atoms with Gasteiger partial charge in [-0.05, 0) is 25.8 Å². The Bertz CT molecular complexity index is 537. The van der Waals surface area contributed by atoms with E-state index in [0.717, 1.165) is 19.4 Å². The molecule has 6 heteroatoms. The summed E-state index contributed by atoms with van der Waals surface area (Å²) >= 11 is 0. The van der Waals surface area contributed by atoms with E-state index in [2.05, 4.69) is 17.1 Å². The van der Waals surface area contributed by atoms with Crippen molar-refractivity contribution in [3.8, 4) is 17.2 Å². The maximum absolute atomic E-state index is 12.4. The SMILES string of the molecule is CCC1CCCCN1CC(=O)Nc1cc(OC)c(OC)c(OC)c1. The van der Waals surface area contributed by atoms with Crippen LogP contribution in [0.15, 0.2) is 12.1 Å². The Labute approximate surface area is 144 Å². The van der Waals surface area contributed by atoms with Crippen LogP contribution in [0.1, 0.15) is 32.6 Å². The predicted octanol–water partition coefficient (Wildman–Crippen LogP) is 2.92. The largest absolute Gasteiger partial charge is 0.493 e. The number of rotatable bonds is 7. The number of hydrogen-bond donors (Lipinski definition) is 1. The molecule has 1 aliphatic heterocycles. The van der Waals surface area contributed by atoms with E-state index in [4.69, 9.17) is 14.2 Å². The van der Waals surface area contributed by atoms with Crippen LogP contribution in [0.2, 0.25) is 0 Å². The normalized spacial score (nSPS) is 18.1. The number of amides is 1. The quantitative estimate of drug-likeness (QED) is 0.829. The van der Waals surface area contributed by atoms with Gasteiger partial charge in [-0.2, -0.15) is 0 Å². The summed E-state index contributed by atoms with van der Waals surface area (Å²) in [4.78, 5) is 14.7. The molecule has 1 aliphatic rings. The van der Waals surface area contributed by atoms with Crippen molar-refractivity contribution in [3.63, 3.8) is 0 Å². The van der Waals surface area contributed by atoms with Crippen molar-refractivity contribution in [1.82, 2.24) is 4.90 Å². The van der Waals surface area contributed by atoms with Gasteiger partial charge in [-0.1, -0.05) is 13.3 Å². The monoisotopic (exact) mass is 336 g/mol. The number of likely N-dealkylation sites (tertiary alicyclic amines) is 1. The third-order valence-corrected chi connectivity index (χ3v) is 4.52. The number of carbonyl (C=O) groups is 1. The summed E-state index contributed by atoms with van der Waals surface area (Å²) in [6.45, 7) is 3.58. The predicted molar refractivity (Wildman–Crippen MR) is 94.2 cm³/mol. The molecule has 1 saturated heterocycles. The molecule has 0 aliphatic carbocycles. The van der Waals surface area contributed by atoms with Crippen LogP contribution in [-0.4, -0.2) is 51.3 Å². The number of nitrogens with one attached hydrogen (secondary N) is 1. The van der Waals surface area contributed by atoms with E-state index < -0.39 is 0 Å². The van der Waals surface area contributed by atoms with E-state index in [1.54, 1.807) is 33.5 Å². The standard InChI is InChI=1S/C18H28N2O4/c1-5-14-8-6-7-9-20(14)12-17(21)19-13-10-15(22-2)18(24-4)16(11-13)23-3/h10-11,14H,5-9,12H2,1-4H3,(H,19,21). The molecule has 1 N–H and O–H groups in total. The van der Waals surface area contributed by atoms with Crippen LogP contribution in [0.3, 0.4) is 0 Å². The Morgan fingerprint density at radius 2 is 1.83 bits per heavy atom. The number of benzene rings is 1. The van der Waals surface area contributed by atoms with Gasteiger partial charge >= 0.3 is 0 Å². The number of piperidine rings is 1. The van der Waals surface area contributed by atoms with E-state index in [1.165, 1.54) is 12.8 Å². The van der Waals surface area contributed by atoms with Crippen molar-refractivity contribution < 1.29 is 19.0 Å². The minimum atomic E-state index is -0.0235. The minimum Gasteiger partial charge on any atom is -0.493 e. The lowest BCUT2D eigenvalue weighted by atomic mass is 10.00. The number of anilines is 1. The van der Waals surface area contributed by atoms with Crippen molar-refractivity contribution in [2.45, 2.75) is 38.6 Å². The number of nitrogens with zero attached hydrogens (tertiary/aromatic N) is 1. The fourth-order valence-corrected chi connectivity index (χ4v) is 3.27. The molecule has 1 atom stereocenters. The number of hydrogen-bond acceptors (Lipinski definition) is 5. The number of carbonyl (C=O) groups excluding carboxylic acids is 1. The second kappa shape index (κ2) is 8.78. The first-order valence-corrected chi connectivity index (χ1v) is 8.46. The molecule has 1 amide bonds. The summed E-state index contributed by atoms with van der Waals surface area (Å²) in [5.41, 5.74) is 0.638. The first-order chi connectivity index (χ1) is 11.6. The Kier molecular flexibility index (Phi) is 6.73. The molecule has 24 heavy (non-hydrogen) atoms. The number of methoxy groups -OCH3 is 3. The highest BCUT2D eigenvalue weighted by Gasteiger charge is 2.23. The summed E-state index contributed by atoms with van der Waals surface area (Å²) < 4.78 is 15.9. The van der Waals surface area contributed by atoms with Gasteiger partial charge < -0.3 is 19.5 Å². The van der Waals surface area contributed by atoms with Gasteiger partial charge in [0.05, 0.1) is 27.9 Å². The molecule has 0 spiro atoms. The molecule has 134 valence electrons. The molecule has 6 nitrogen and oxygen atoms in total. The van der Waals surface area contributed by atoms with Gasteiger partial charge in [0.2, 0.25) is 11.7 Å². The minimum absolute atomic E-state index is 0.0235. The lowest BCUT2D eigenvalue weighted by Crippen LogP contribution is -2.43. The van der Waals surface area contributed by atoms with E-state index in [-0.39, 0.29) is 5.91 Å². The number of ether oxygens (including phenoxy) is 3. The van der Waals surface area contributed by atoms with Crippen LogP contribution in [0.5, 0.6) is 17.2 Å². The van der Waals surface area contributed by atoms with Gasteiger partial charge in [-0.25, -0.2) is 0 Å². The highest BCUT2D eigenvalue weighted by atomic mass is 16.5. The molecule has 1 aromatic rings. The van der Waals surface area contributed by atoms with Crippen LogP contribution in [0, 0.1) is 0 Å². The molecule has 0 bridgehead atoms. The molecule has 1 fully saturated rings. The third-order valence-electron chi connectivity index (χ3n) is 4.52.